The zero-order valence-corrected chi connectivity index (χ0v) is 18.9. The quantitative estimate of drug-likeness (QED) is 0.157. The van der Waals surface area contributed by atoms with Crippen molar-refractivity contribution in [2.24, 2.45) is 17.2 Å². The molecule has 13 heteroatoms. The van der Waals surface area contributed by atoms with Gasteiger partial charge >= 0.3 is 0 Å². The number of ether oxygens (including phenoxy) is 4. The summed E-state index contributed by atoms with van der Waals surface area (Å²) in [5.74, 6) is 0.496. The number of carbonyl (C=O) groups excluding carboxylic acids is 1. The standard InChI is InChI=1S/C20H37N5O8/c1-20(29)7-30-19(14(28)17(20)24-2)33-16-11(23)5-10(22)15(13(16)27)32-18-12(25-8-26)4-3-9(6-21)31-18/h3,8,10-19,24,27-29H,4-7,21-23H2,1-2H3,(H,25,26)/t10-,11+,12+,13-,14+,15+,16-,17+,18+,19+,20-/m0/s1. The van der Waals surface area contributed by atoms with Crippen molar-refractivity contribution < 1.29 is 39.1 Å². The first-order valence-corrected chi connectivity index (χ1v) is 11.1. The number of rotatable bonds is 8. The largest absolute Gasteiger partial charge is 0.466 e. The molecule has 2 aliphatic heterocycles. The highest BCUT2D eigenvalue weighted by atomic mass is 16.7. The zero-order chi connectivity index (χ0) is 24.3. The molecule has 11 atom stereocenters. The molecular formula is C20H37N5O8. The van der Waals surface area contributed by atoms with Crippen LogP contribution in [0.2, 0.25) is 0 Å². The highest BCUT2D eigenvalue weighted by Crippen LogP contribution is 2.31. The lowest BCUT2D eigenvalue weighted by Crippen LogP contribution is -2.68. The third-order valence-electron chi connectivity index (χ3n) is 6.46. The molecule has 3 aliphatic rings. The number of hydrogen-bond donors (Lipinski definition) is 8. The van der Waals surface area contributed by atoms with Crippen LogP contribution in [0.25, 0.3) is 0 Å². The SMILES string of the molecule is CN[C@@H]1[C@@H](O)[C@@H](O[C@@H]2[C@@H](O)[C@H](O[C@H]3OC(CN)=CC[C@H]3NC=O)[C@@H](N)C[C@H]2N)OC[C@]1(C)O. The Hall–Kier alpha value is -1.39. The minimum absolute atomic E-state index is 0.0963. The lowest BCUT2D eigenvalue weighted by molar-refractivity contribution is -0.303. The van der Waals surface area contributed by atoms with Crippen molar-refractivity contribution in [2.45, 2.75) is 86.5 Å². The fourth-order valence-electron chi connectivity index (χ4n) is 4.65. The van der Waals surface area contributed by atoms with Crippen LogP contribution in [0.5, 0.6) is 0 Å². The van der Waals surface area contributed by atoms with E-state index in [0.717, 1.165) is 0 Å². The molecule has 0 bridgehead atoms. The third kappa shape index (κ3) is 5.65. The summed E-state index contributed by atoms with van der Waals surface area (Å²) in [7, 11) is 1.60. The summed E-state index contributed by atoms with van der Waals surface area (Å²) in [5, 5.41) is 37.7. The molecule has 0 spiro atoms. The van der Waals surface area contributed by atoms with Crippen LogP contribution in [0.4, 0.5) is 0 Å². The maximum atomic E-state index is 11.1. The maximum Gasteiger partial charge on any atom is 0.220 e. The first kappa shape index (κ1) is 26.2. The van der Waals surface area contributed by atoms with E-state index in [4.69, 9.17) is 36.1 Å². The molecule has 1 saturated carbocycles. The normalized spacial score (nSPS) is 46.2. The van der Waals surface area contributed by atoms with Crippen molar-refractivity contribution in [2.75, 3.05) is 20.2 Å². The van der Waals surface area contributed by atoms with Gasteiger partial charge in [-0.1, -0.05) is 0 Å². The Kier molecular flexibility index (Phi) is 8.66. The predicted molar refractivity (Wildman–Crippen MR) is 115 cm³/mol. The van der Waals surface area contributed by atoms with Gasteiger partial charge in [-0.3, -0.25) is 4.79 Å². The molecule has 0 radical (unpaired) electrons. The highest BCUT2D eigenvalue weighted by Gasteiger charge is 2.50. The number of nitrogens with one attached hydrogen (secondary N) is 2. The van der Waals surface area contributed by atoms with Gasteiger partial charge in [0, 0.05) is 12.1 Å². The second-order valence-electron chi connectivity index (χ2n) is 9.04. The van der Waals surface area contributed by atoms with Crippen LogP contribution in [-0.4, -0.2) is 109 Å². The summed E-state index contributed by atoms with van der Waals surface area (Å²) in [5.41, 5.74) is 16.8. The molecule has 3 rings (SSSR count). The number of amides is 1. The number of carbonyl (C=O) groups is 1. The second-order valence-corrected chi connectivity index (χ2v) is 9.04. The molecule has 1 saturated heterocycles. The maximum absolute atomic E-state index is 11.1. The van der Waals surface area contributed by atoms with Gasteiger partial charge in [0.25, 0.3) is 0 Å². The van der Waals surface area contributed by atoms with Crippen molar-refractivity contribution in [1.29, 1.82) is 0 Å². The van der Waals surface area contributed by atoms with Crippen LogP contribution in [0.3, 0.4) is 0 Å². The Labute approximate surface area is 192 Å². The summed E-state index contributed by atoms with van der Waals surface area (Å²) >= 11 is 0. The first-order chi connectivity index (χ1) is 15.6. The van der Waals surface area contributed by atoms with E-state index in [1.54, 1.807) is 13.1 Å². The van der Waals surface area contributed by atoms with Crippen LogP contribution >= 0.6 is 0 Å². The minimum atomic E-state index is -1.32. The average molecular weight is 476 g/mol. The summed E-state index contributed by atoms with van der Waals surface area (Å²) < 4.78 is 23.2. The van der Waals surface area contributed by atoms with E-state index < -0.39 is 66.8 Å². The lowest BCUT2D eigenvalue weighted by atomic mass is 9.84. The summed E-state index contributed by atoms with van der Waals surface area (Å²) in [6.07, 6.45) is -3.55. The van der Waals surface area contributed by atoms with Gasteiger partial charge in [0.2, 0.25) is 12.7 Å². The molecular weight excluding hydrogens is 438 g/mol. The number of nitrogens with two attached hydrogens (primary N) is 3. The number of aliphatic hydroxyl groups excluding tert-OH is 2. The summed E-state index contributed by atoms with van der Waals surface area (Å²) in [6.45, 7) is 1.59. The smallest absolute Gasteiger partial charge is 0.220 e. The predicted octanol–water partition coefficient (Wildman–Crippen LogP) is -4.06. The highest BCUT2D eigenvalue weighted by molar-refractivity contribution is 5.47. The van der Waals surface area contributed by atoms with E-state index in [1.165, 1.54) is 6.92 Å². The average Bonchev–Trinajstić information content (AvgIpc) is 2.76. The van der Waals surface area contributed by atoms with Crippen molar-refractivity contribution in [3.05, 3.63) is 11.8 Å². The van der Waals surface area contributed by atoms with Crippen molar-refractivity contribution in [3.8, 4) is 0 Å². The third-order valence-corrected chi connectivity index (χ3v) is 6.46. The van der Waals surface area contributed by atoms with Gasteiger partial charge < -0.3 is 62.1 Å². The first-order valence-electron chi connectivity index (χ1n) is 11.1. The van der Waals surface area contributed by atoms with Crippen LogP contribution in [0, 0.1) is 0 Å². The van der Waals surface area contributed by atoms with Crippen molar-refractivity contribution >= 4 is 6.41 Å². The molecule has 33 heavy (non-hydrogen) atoms. The topological polar surface area (TPSA) is 217 Å². The van der Waals surface area contributed by atoms with E-state index in [2.05, 4.69) is 10.6 Å². The molecule has 0 unspecified atom stereocenters. The molecule has 190 valence electrons. The van der Waals surface area contributed by atoms with Gasteiger partial charge in [0.1, 0.15) is 35.8 Å². The number of hydrogen-bond acceptors (Lipinski definition) is 12. The van der Waals surface area contributed by atoms with Gasteiger partial charge in [-0.25, -0.2) is 0 Å². The fraction of sp³-hybridized carbons (Fsp3) is 0.850. The van der Waals surface area contributed by atoms with Crippen LogP contribution in [0.1, 0.15) is 19.8 Å². The molecule has 0 aromatic heterocycles. The molecule has 2 heterocycles. The summed E-state index contributed by atoms with van der Waals surface area (Å²) in [6, 6.07) is -2.55. The Bertz CT molecular complexity index is 697. The van der Waals surface area contributed by atoms with Gasteiger partial charge in [-0.2, -0.15) is 0 Å². The second kappa shape index (κ2) is 10.9. The Morgan fingerprint density at radius 2 is 1.85 bits per heavy atom. The van der Waals surface area contributed by atoms with E-state index in [1.807, 2.05) is 0 Å². The van der Waals surface area contributed by atoms with Gasteiger partial charge in [0.15, 0.2) is 6.29 Å². The Balaban J connectivity index is 1.72. The Morgan fingerprint density at radius 1 is 1.21 bits per heavy atom. The monoisotopic (exact) mass is 475 g/mol. The van der Waals surface area contributed by atoms with Crippen LogP contribution in [0.15, 0.2) is 11.8 Å². The van der Waals surface area contributed by atoms with E-state index >= 15 is 0 Å². The molecule has 0 aromatic rings. The molecule has 1 aliphatic carbocycles. The van der Waals surface area contributed by atoms with E-state index in [0.29, 0.717) is 18.6 Å². The molecule has 0 aromatic carbocycles. The van der Waals surface area contributed by atoms with E-state index in [-0.39, 0.29) is 19.6 Å². The Morgan fingerprint density at radius 3 is 2.42 bits per heavy atom. The van der Waals surface area contributed by atoms with Gasteiger partial charge in [-0.15, -0.1) is 0 Å². The minimum Gasteiger partial charge on any atom is -0.466 e. The fourth-order valence-corrected chi connectivity index (χ4v) is 4.65. The molecule has 1 amide bonds. The molecule has 11 N–H and O–H groups in total. The van der Waals surface area contributed by atoms with Gasteiger partial charge in [0.05, 0.1) is 25.2 Å². The lowest BCUT2D eigenvalue weighted by Gasteiger charge is -2.48. The van der Waals surface area contributed by atoms with Crippen molar-refractivity contribution in [3.63, 3.8) is 0 Å². The van der Waals surface area contributed by atoms with Crippen molar-refractivity contribution in [1.82, 2.24) is 10.6 Å². The van der Waals surface area contributed by atoms with Crippen LogP contribution < -0.4 is 27.8 Å². The summed E-state index contributed by atoms with van der Waals surface area (Å²) in [4.78, 5) is 11.0. The molecule has 2 fully saturated rings. The number of likely N-dealkylation sites (N-methyl/N-ethyl adjacent to an activating group) is 1. The molecule has 13 nitrogen and oxygen atoms in total. The van der Waals surface area contributed by atoms with Crippen LogP contribution in [-0.2, 0) is 23.7 Å². The van der Waals surface area contributed by atoms with E-state index in [9.17, 15) is 20.1 Å². The van der Waals surface area contributed by atoms with Gasteiger partial charge in [-0.05, 0) is 32.9 Å². The zero-order valence-electron chi connectivity index (χ0n) is 18.9. The number of aliphatic hydroxyl groups is 3.